The molecule has 112 valence electrons. The molecule has 2 N–H and O–H groups in total. The highest BCUT2D eigenvalue weighted by Crippen LogP contribution is 2.37. The zero-order chi connectivity index (χ0) is 14.7. The Hall–Kier alpha value is -1.45. The Morgan fingerprint density at radius 3 is 2.90 bits per heavy atom. The smallest absolute Gasteiger partial charge is 0.0409 e. The molecule has 1 aromatic heterocycles. The minimum absolute atomic E-state index is 0.404. The van der Waals surface area contributed by atoms with Crippen molar-refractivity contribution in [1.29, 1.82) is 0 Å². The van der Waals surface area contributed by atoms with Crippen LogP contribution in [0.5, 0.6) is 0 Å². The van der Waals surface area contributed by atoms with Gasteiger partial charge in [-0.2, -0.15) is 0 Å². The summed E-state index contributed by atoms with van der Waals surface area (Å²) in [7, 11) is 0. The molecule has 3 heteroatoms. The lowest BCUT2D eigenvalue weighted by atomic mass is 9.88. The van der Waals surface area contributed by atoms with Gasteiger partial charge in [-0.15, -0.1) is 0 Å². The number of hydrogen-bond donors (Lipinski definition) is 1. The zero-order valence-corrected chi connectivity index (χ0v) is 12.8. The van der Waals surface area contributed by atoms with Crippen LogP contribution < -0.4 is 5.73 Å². The van der Waals surface area contributed by atoms with Crippen molar-refractivity contribution in [3.05, 3.63) is 42.2 Å². The first kappa shape index (κ1) is 14.5. The van der Waals surface area contributed by atoms with Gasteiger partial charge in [-0.1, -0.05) is 37.6 Å². The minimum Gasteiger partial charge on any atom is -0.330 e. The quantitative estimate of drug-likeness (QED) is 0.939. The third-order valence-corrected chi connectivity index (χ3v) is 4.84. The van der Waals surface area contributed by atoms with Crippen LogP contribution in [0, 0.1) is 5.92 Å². The van der Waals surface area contributed by atoms with E-state index in [0.717, 1.165) is 13.1 Å². The van der Waals surface area contributed by atoms with Crippen LogP contribution in [0.15, 0.2) is 36.7 Å². The maximum atomic E-state index is 6.11. The van der Waals surface area contributed by atoms with Gasteiger partial charge in [0.15, 0.2) is 0 Å². The van der Waals surface area contributed by atoms with Crippen molar-refractivity contribution < 1.29 is 0 Å². The van der Waals surface area contributed by atoms with Gasteiger partial charge in [0.1, 0.15) is 0 Å². The summed E-state index contributed by atoms with van der Waals surface area (Å²) in [6.45, 7) is 5.25. The van der Waals surface area contributed by atoms with E-state index in [4.69, 9.17) is 5.73 Å². The van der Waals surface area contributed by atoms with Gasteiger partial charge in [-0.3, -0.25) is 9.88 Å². The Morgan fingerprint density at radius 2 is 2.10 bits per heavy atom. The molecule has 1 aliphatic heterocycles. The predicted molar refractivity (Wildman–Crippen MR) is 88.1 cm³/mol. The Bertz CT molecular complexity index is 577. The van der Waals surface area contributed by atoms with E-state index in [9.17, 15) is 0 Å². The monoisotopic (exact) mass is 283 g/mol. The maximum absolute atomic E-state index is 6.11. The third-order valence-electron chi connectivity index (χ3n) is 4.84. The summed E-state index contributed by atoms with van der Waals surface area (Å²) in [4.78, 5) is 7.08. The van der Waals surface area contributed by atoms with Gasteiger partial charge in [0.05, 0.1) is 0 Å². The van der Waals surface area contributed by atoms with Crippen LogP contribution in [0.3, 0.4) is 0 Å². The van der Waals surface area contributed by atoms with E-state index in [1.807, 2.05) is 6.20 Å². The Morgan fingerprint density at radius 1 is 1.24 bits per heavy atom. The number of pyridine rings is 1. The van der Waals surface area contributed by atoms with E-state index < -0.39 is 0 Å². The van der Waals surface area contributed by atoms with E-state index in [0.29, 0.717) is 12.0 Å². The number of benzene rings is 1. The summed E-state index contributed by atoms with van der Waals surface area (Å²) in [6.07, 6.45) is 7.81. The molecule has 0 radical (unpaired) electrons. The fraction of sp³-hybridized carbons (Fsp3) is 0.500. The molecule has 0 spiro atoms. The Balaban J connectivity index is 2.11. The molecule has 2 aromatic rings. The van der Waals surface area contributed by atoms with Crippen LogP contribution in [-0.2, 0) is 0 Å². The number of rotatable bonds is 3. The molecule has 0 bridgehead atoms. The minimum atomic E-state index is 0.404. The first-order valence-electron chi connectivity index (χ1n) is 8.12. The van der Waals surface area contributed by atoms with Crippen molar-refractivity contribution in [2.45, 2.75) is 32.2 Å². The molecule has 2 unspecified atom stereocenters. The van der Waals surface area contributed by atoms with Crippen LogP contribution in [0.4, 0.5) is 0 Å². The fourth-order valence-electron chi connectivity index (χ4n) is 3.74. The summed E-state index contributed by atoms with van der Waals surface area (Å²) >= 11 is 0. The number of fused-ring (bicyclic) bond motifs is 1. The Labute approximate surface area is 127 Å². The highest BCUT2D eigenvalue weighted by atomic mass is 15.2. The summed E-state index contributed by atoms with van der Waals surface area (Å²) in [5.41, 5.74) is 7.47. The summed E-state index contributed by atoms with van der Waals surface area (Å²) < 4.78 is 0. The molecule has 0 amide bonds. The first-order chi connectivity index (χ1) is 10.3. The zero-order valence-electron chi connectivity index (χ0n) is 12.8. The predicted octanol–water partition coefficient (Wildman–Crippen LogP) is 3.36. The standard InChI is InChI=1S/C18H25N3/c1-2-21-10-6-5-7-14(11-19)18(21)17-13-20-12-15-8-3-4-9-16(15)17/h3-4,8-9,12-14,18H,2,5-7,10-11,19H2,1H3. The van der Waals surface area contributed by atoms with Crippen molar-refractivity contribution in [3.63, 3.8) is 0 Å². The Kier molecular flexibility index (Phi) is 4.51. The maximum Gasteiger partial charge on any atom is 0.0409 e. The molecule has 1 fully saturated rings. The second kappa shape index (κ2) is 6.54. The normalized spacial score (nSPS) is 24.1. The molecule has 1 aromatic carbocycles. The lowest BCUT2D eigenvalue weighted by Gasteiger charge is -2.34. The summed E-state index contributed by atoms with van der Waals surface area (Å²) in [6, 6.07) is 8.98. The van der Waals surface area contributed by atoms with E-state index >= 15 is 0 Å². The topological polar surface area (TPSA) is 42.1 Å². The molecular formula is C18H25N3. The van der Waals surface area contributed by atoms with Crippen molar-refractivity contribution in [2.75, 3.05) is 19.6 Å². The van der Waals surface area contributed by atoms with Gasteiger partial charge in [0.25, 0.3) is 0 Å². The highest BCUT2D eigenvalue weighted by molar-refractivity contribution is 5.85. The van der Waals surface area contributed by atoms with Crippen molar-refractivity contribution in [3.8, 4) is 0 Å². The molecule has 2 atom stereocenters. The van der Waals surface area contributed by atoms with Crippen LogP contribution in [-0.4, -0.2) is 29.5 Å². The summed E-state index contributed by atoms with van der Waals surface area (Å²) in [5, 5.41) is 2.56. The van der Waals surface area contributed by atoms with Crippen LogP contribution in [0.25, 0.3) is 10.8 Å². The number of hydrogen-bond acceptors (Lipinski definition) is 3. The van der Waals surface area contributed by atoms with Crippen LogP contribution >= 0.6 is 0 Å². The van der Waals surface area contributed by atoms with Gasteiger partial charge in [0.2, 0.25) is 0 Å². The first-order valence-corrected chi connectivity index (χ1v) is 8.12. The molecule has 0 aliphatic carbocycles. The van der Waals surface area contributed by atoms with Gasteiger partial charge in [-0.05, 0) is 49.3 Å². The van der Waals surface area contributed by atoms with Crippen molar-refractivity contribution in [2.24, 2.45) is 11.7 Å². The molecule has 1 saturated heterocycles. The number of nitrogens with zero attached hydrogens (tertiary/aromatic N) is 2. The SMILES string of the molecule is CCN1CCCCC(CN)C1c1cncc2ccccc12. The van der Waals surface area contributed by atoms with Gasteiger partial charge < -0.3 is 5.73 Å². The molecule has 2 heterocycles. The molecular weight excluding hydrogens is 258 g/mol. The second-order valence-electron chi connectivity index (χ2n) is 6.01. The fourth-order valence-corrected chi connectivity index (χ4v) is 3.74. The highest BCUT2D eigenvalue weighted by Gasteiger charge is 2.30. The van der Waals surface area contributed by atoms with Crippen LogP contribution in [0.1, 0.15) is 37.8 Å². The average Bonchev–Trinajstić information content (AvgIpc) is 2.76. The molecule has 3 nitrogen and oxygen atoms in total. The van der Waals surface area contributed by atoms with Crippen LogP contribution in [0.2, 0.25) is 0 Å². The molecule has 21 heavy (non-hydrogen) atoms. The number of aromatic nitrogens is 1. The van der Waals surface area contributed by atoms with E-state index in [-0.39, 0.29) is 0 Å². The second-order valence-corrected chi connectivity index (χ2v) is 6.01. The number of likely N-dealkylation sites (tertiary alicyclic amines) is 1. The lowest BCUT2D eigenvalue weighted by Crippen LogP contribution is -2.35. The lowest BCUT2D eigenvalue weighted by molar-refractivity contribution is 0.167. The van der Waals surface area contributed by atoms with Gasteiger partial charge >= 0.3 is 0 Å². The van der Waals surface area contributed by atoms with E-state index in [2.05, 4.69) is 47.3 Å². The van der Waals surface area contributed by atoms with Gasteiger partial charge in [-0.25, -0.2) is 0 Å². The molecule has 3 rings (SSSR count). The number of nitrogens with two attached hydrogens (primary N) is 1. The largest absolute Gasteiger partial charge is 0.330 e. The molecule has 1 aliphatic rings. The molecule has 0 saturated carbocycles. The van der Waals surface area contributed by atoms with E-state index in [1.165, 1.54) is 42.1 Å². The average molecular weight is 283 g/mol. The summed E-state index contributed by atoms with van der Waals surface area (Å²) in [5.74, 6) is 0.528. The van der Waals surface area contributed by atoms with Crippen molar-refractivity contribution in [1.82, 2.24) is 9.88 Å². The van der Waals surface area contributed by atoms with Gasteiger partial charge in [0, 0.05) is 23.8 Å². The van der Waals surface area contributed by atoms with E-state index in [1.54, 1.807) is 0 Å². The van der Waals surface area contributed by atoms with Crippen molar-refractivity contribution >= 4 is 10.8 Å². The third kappa shape index (κ3) is 2.81.